The Labute approximate surface area is 383 Å². The Bertz CT molecular complexity index is 2520. The number of nitrogens with one attached hydrogen (secondary N) is 2. The van der Waals surface area contributed by atoms with Gasteiger partial charge in [-0.15, -0.1) is 5.10 Å². The Morgan fingerprint density at radius 1 is 0.881 bits per heavy atom. The zero-order valence-corrected chi connectivity index (χ0v) is 36.4. The number of alkyl halides is 6. The molecule has 6 N–H and O–H groups in total. The number of halogens is 7. The van der Waals surface area contributed by atoms with Crippen molar-refractivity contribution in [2.45, 2.75) is 77.4 Å². The summed E-state index contributed by atoms with van der Waals surface area (Å²) in [7, 11) is 0. The molecule has 1 aliphatic heterocycles. The Balaban J connectivity index is 0.000000608. The predicted octanol–water partition coefficient (Wildman–Crippen LogP) is 7.42. The zero-order valence-electron chi connectivity index (χ0n) is 35.7. The van der Waals surface area contributed by atoms with Crippen LogP contribution in [0.2, 0.25) is 5.02 Å². The van der Waals surface area contributed by atoms with Crippen molar-refractivity contribution in [1.29, 1.82) is 5.26 Å². The molecule has 3 aromatic carbocycles. The number of nitriles is 1. The van der Waals surface area contributed by atoms with Crippen LogP contribution in [0.3, 0.4) is 0 Å². The summed E-state index contributed by atoms with van der Waals surface area (Å²) in [6, 6.07) is 20.0. The average molecular weight is 964 g/mol. The van der Waals surface area contributed by atoms with Gasteiger partial charge in [0.05, 0.1) is 35.3 Å². The first-order chi connectivity index (χ1) is 31.6. The van der Waals surface area contributed by atoms with Crippen LogP contribution in [0.1, 0.15) is 58.7 Å². The fourth-order valence-corrected chi connectivity index (χ4v) is 6.78. The number of ether oxygens (including phenoxy) is 2. The second-order valence-corrected chi connectivity index (χ2v) is 15.2. The first-order valence-electron chi connectivity index (χ1n) is 20.0. The molecule has 5 aromatic rings. The van der Waals surface area contributed by atoms with E-state index in [1.165, 1.54) is 6.20 Å². The fraction of sp³-hybridized carbons (Fsp3) is 0.341. The third-order valence-electron chi connectivity index (χ3n) is 9.95. The number of aliphatic carboxylic acids is 3. The van der Waals surface area contributed by atoms with Crippen LogP contribution < -0.4 is 20.1 Å². The lowest BCUT2D eigenvalue weighted by Crippen LogP contribution is -2.29. The van der Waals surface area contributed by atoms with E-state index in [9.17, 15) is 41.5 Å². The van der Waals surface area contributed by atoms with Crippen LogP contribution in [-0.2, 0) is 34.1 Å². The number of piperidine rings is 1. The number of aliphatic hydroxyl groups is 1. The standard InChI is InChI=1S/C40H42ClN7O5.2C2HF3O2/c1-25-29(5-3-6-33(25)34-7-4-8-35(26(34)2)37-22-48(47-46-37)31-9-11-43-12-10-31)24-53-39-16-38(52-23-28-13-27(17-42)18-44-19-28)30(14-36(39)41)20-45-21-32(49)15-40(50)51;2*3-2(4,5)1(6)7/h3-8,13-14,16,18-19,22,31-32,43,45,49H,9-12,15,20-21,23-24H2,1-2H3,(H,50,51);2*(H,6,7)/t32-;;/m0../s1. The molecule has 16 nitrogen and oxygen atoms in total. The summed E-state index contributed by atoms with van der Waals surface area (Å²) < 4.78 is 78.0. The number of carboxylic acid groups (broad SMARTS) is 3. The number of benzene rings is 3. The van der Waals surface area contributed by atoms with Crippen molar-refractivity contribution in [2.24, 2.45) is 0 Å². The lowest BCUT2D eigenvalue weighted by molar-refractivity contribution is -0.193. The third-order valence-corrected chi connectivity index (χ3v) is 10.2. The maximum Gasteiger partial charge on any atom is 0.490 e. The van der Waals surface area contributed by atoms with E-state index in [4.69, 9.17) is 46.0 Å². The van der Waals surface area contributed by atoms with E-state index in [-0.39, 0.29) is 32.7 Å². The monoisotopic (exact) mass is 963 g/mol. The molecule has 6 rings (SSSR count). The summed E-state index contributed by atoms with van der Waals surface area (Å²) in [5, 5.41) is 58.4. The molecular weight excluding hydrogens is 920 g/mol. The van der Waals surface area contributed by atoms with Gasteiger partial charge in [0, 0.05) is 48.2 Å². The van der Waals surface area contributed by atoms with Crippen molar-refractivity contribution in [2.75, 3.05) is 19.6 Å². The van der Waals surface area contributed by atoms with Crippen molar-refractivity contribution in [3.05, 3.63) is 112 Å². The molecule has 1 atom stereocenters. The number of nitrogens with zero attached hydrogens (tertiary/aromatic N) is 5. The summed E-state index contributed by atoms with van der Waals surface area (Å²) in [6.07, 6.45) is -4.36. The molecule has 67 heavy (non-hydrogen) atoms. The minimum Gasteiger partial charge on any atom is -0.488 e. The highest BCUT2D eigenvalue weighted by molar-refractivity contribution is 6.32. The summed E-state index contributed by atoms with van der Waals surface area (Å²) in [6.45, 7) is 6.86. The molecule has 358 valence electrons. The fourth-order valence-electron chi connectivity index (χ4n) is 6.54. The highest BCUT2D eigenvalue weighted by Gasteiger charge is 2.39. The Kier molecular flexibility index (Phi) is 19.0. The van der Waals surface area contributed by atoms with E-state index in [0.29, 0.717) is 39.3 Å². The molecule has 0 bridgehead atoms. The smallest absolute Gasteiger partial charge is 0.488 e. The number of hydrogen-bond acceptors (Lipinski definition) is 12. The van der Waals surface area contributed by atoms with E-state index in [2.05, 4.69) is 76.3 Å². The molecule has 2 aromatic heterocycles. The van der Waals surface area contributed by atoms with Crippen molar-refractivity contribution in [3.63, 3.8) is 0 Å². The van der Waals surface area contributed by atoms with Crippen LogP contribution in [-0.4, -0.2) is 96.4 Å². The quantitative estimate of drug-likeness (QED) is 0.0559. The Hall–Kier alpha value is -6.80. The van der Waals surface area contributed by atoms with Crippen LogP contribution in [0.4, 0.5) is 26.3 Å². The summed E-state index contributed by atoms with van der Waals surface area (Å²) in [5.74, 6) is -5.71. The molecule has 0 amide bonds. The Morgan fingerprint density at radius 3 is 2.09 bits per heavy atom. The topological polar surface area (TPSA) is 242 Å². The maximum absolute atomic E-state index is 11.0. The van der Waals surface area contributed by atoms with Gasteiger partial charge >= 0.3 is 30.3 Å². The lowest BCUT2D eigenvalue weighted by Gasteiger charge is -2.22. The molecule has 3 heterocycles. The van der Waals surface area contributed by atoms with Gasteiger partial charge in [0.25, 0.3) is 0 Å². The molecule has 0 unspecified atom stereocenters. The van der Waals surface area contributed by atoms with Crippen LogP contribution in [0, 0.1) is 25.2 Å². The van der Waals surface area contributed by atoms with E-state index in [1.54, 1.807) is 24.4 Å². The number of pyridine rings is 1. The minimum atomic E-state index is -5.08. The molecule has 23 heteroatoms. The van der Waals surface area contributed by atoms with Gasteiger partial charge in [-0.1, -0.05) is 53.2 Å². The number of aromatic nitrogens is 4. The molecule has 1 fully saturated rings. The second kappa shape index (κ2) is 24.1. The van der Waals surface area contributed by atoms with Crippen LogP contribution in [0.5, 0.6) is 11.5 Å². The molecule has 0 radical (unpaired) electrons. The highest BCUT2D eigenvalue weighted by Crippen LogP contribution is 2.37. The number of hydrogen-bond donors (Lipinski definition) is 6. The maximum atomic E-state index is 11.0. The van der Waals surface area contributed by atoms with Crippen molar-refractivity contribution >= 4 is 29.5 Å². The van der Waals surface area contributed by atoms with Crippen molar-refractivity contribution in [1.82, 2.24) is 30.6 Å². The van der Waals surface area contributed by atoms with E-state index in [0.717, 1.165) is 65.0 Å². The summed E-state index contributed by atoms with van der Waals surface area (Å²) >= 11 is 6.75. The third kappa shape index (κ3) is 15.9. The minimum absolute atomic E-state index is 0.0618. The molecule has 0 aliphatic carbocycles. The van der Waals surface area contributed by atoms with E-state index in [1.807, 2.05) is 16.8 Å². The first kappa shape index (κ1) is 52.8. The zero-order chi connectivity index (χ0) is 49.5. The van der Waals surface area contributed by atoms with E-state index >= 15 is 0 Å². The Morgan fingerprint density at radius 2 is 1.48 bits per heavy atom. The summed E-state index contributed by atoms with van der Waals surface area (Å²) in [5.41, 5.74) is 9.07. The molecule has 0 saturated carbocycles. The number of carboxylic acids is 3. The van der Waals surface area contributed by atoms with Gasteiger partial charge in [0.1, 0.15) is 36.5 Å². The number of carbonyl (C=O) groups is 3. The normalized spacial score (nSPS) is 13.2. The van der Waals surface area contributed by atoms with Gasteiger partial charge in [-0.3, -0.25) is 9.78 Å². The predicted molar refractivity (Wildman–Crippen MR) is 228 cm³/mol. The van der Waals surface area contributed by atoms with Gasteiger partial charge in [-0.2, -0.15) is 31.6 Å². The van der Waals surface area contributed by atoms with Gasteiger partial charge in [-0.05, 0) is 79.7 Å². The lowest BCUT2D eigenvalue weighted by atomic mass is 9.91. The van der Waals surface area contributed by atoms with Crippen LogP contribution >= 0.6 is 11.6 Å². The van der Waals surface area contributed by atoms with E-state index < -0.39 is 36.4 Å². The molecule has 0 spiro atoms. The van der Waals surface area contributed by atoms with Crippen molar-refractivity contribution in [3.8, 4) is 40.0 Å². The highest BCUT2D eigenvalue weighted by atomic mass is 35.5. The van der Waals surface area contributed by atoms with Gasteiger partial charge < -0.3 is 40.5 Å². The SMILES string of the molecule is Cc1c(COc2cc(OCc3cncc(C#N)c3)c(CNC[C@@H](O)CC(=O)O)cc2Cl)cccc1-c1cccc(-c2cn(C3CCNCC3)nn2)c1C.O=C(O)C(F)(F)F.O=C(O)C(F)(F)F. The van der Waals surface area contributed by atoms with Crippen LogP contribution in [0.15, 0.2) is 73.2 Å². The van der Waals surface area contributed by atoms with Gasteiger partial charge in [0.15, 0.2) is 0 Å². The first-order valence-corrected chi connectivity index (χ1v) is 20.4. The summed E-state index contributed by atoms with van der Waals surface area (Å²) in [4.78, 5) is 32.9. The second-order valence-electron chi connectivity index (χ2n) is 14.8. The molecular formula is C44H44ClF6N7O9. The van der Waals surface area contributed by atoms with Crippen molar-refractivity contribution < 1.29 is 70.6 Å². The number of rotatable bonds is 15. The molecule has 1 aliphatic rings. The van der Waals surface area contributed by atoms with Gasteiger partial charge in [-0.25, -0.2) is 14.3 Å². The number of aliphatic hydroxyl groups excluding tert-OH is 1. The molecule has 1 saturated heterocycles. The van der Waals surface area contributed by atoms with Crippen LogP contribution in [0.25, 0.3) is 22.4 Å². The van der Waals surface area contributed by atoms with Gasteiger partial charge in [0.2, 0.25) is 0 Å². The average Bonchev–Trinajstić information content (AvgIpc) is 3.76. The largest absolute Gasteiger partial charge is 0.490 e.